The average Bonchev–Trinajstić information content (AvgIpc) is 2.38. The summed E-state index contributed by atoms with van der Waals surface area (Å²) in [5.41, 5.74) is 0.441. The Labute approximate surface area is 119 Å². The minimum Gasteiger partial charge on any atom is -0.484 e. The van der Waals surface area contributed by atoms with Crippen LogP contribution in [0.25, 0.3) is 0 Å². The normalized spacial score (nSPS) is 10.6. The highest BCUT2D eigenvalue weighted by Crippen LogP contribution is 2.34. The monoisotopic (exact) mass is 282 g/mol. The van der Waals surface area contributed by atoms with Crippen LogP contribution in [0.4, 0.5) is 11.4 Å². The third kappa shape index (κ3) is 5.05. The summed E-state index contributed by atoms with van der Waals surface area (Å²) >= 11 is 0. The number of nitro groups is 1. The first-order valence-electron chi connectivity index (χ1n) is 6.78. The summed E-state index contributed by atoms with van der Waals surface area (Å²) in [5, 5.41) is 14.1. The van der Waals surface area contributed by atoms with Gasteiger partial charge in [-0.25, -0.2) is 0 Å². The van der Waals surface area contributed by atoms with Gasteiger partial charge < -0.3 is 14.8 Å². The molecule has 1 aromatic carbocycles. The van der Waals surface area contributed by atoms with Crippen molar-refractivity contribution in [2.24, 2.45) is 5.92 Å². The van der Waals surface area contributed by atoms with Crippen molar-refractivity contribution in [3.05, 3.63) is 28.3 Å². The van der Waals surface area contributed by atoms with Crippen molar-refractivity contribution in [3.63, 3.8) is 0 Å². The van der Waals surface area contributed by atoms with Crippen LogP contribution < -0.4 is 10.1 Å². The summed E-state index contributed by atoms with van der Waals surface area (Å²) in [5.74, 6) is 0.725. The molecule has 1 rings (SSSR count). The number of nitro benzene ring substituents is 1. The van der Waals surface area contributed by atoms with Crippen LogP contribution in [0, 0.1) is 16.0 Å². The molecule has 0 aromatic heterocycles. The molecule has 0 atom stereocenters. The van der Waals surface area contributed by atoms with E-state index in [0.29, 0.717) is 38.0 Å². The standard InChI is InChI=1S/C14H22N2O4/c1-4-15-12-6-5-7-13(14(12)16(17)18)20-9-8-19-10-11(2)3/h5-7,11,15H,4,8-10H2,1-3H3. The van der Waals surface area contributed by atoms with Crippen molar-refractivity contribution in [1.29, 1.82) is 0 Å². The van der Waals surface area contributed by atoms with Gasteiger partial charge in [-0.2, -0.15) is 0 Å². The molecule has 112 valence electrons. The van der Waals surface area contributed by atoms with Crippen LogP contribution in [0.3, 0.4) is 0 Å². The Kier molecular flexibility index (Phi) is 6.79. The van der Waals surface area contributed by atoms with Crippen LogP contribution in [0.5, 0.6) is 5.75 Å². The van der Waals surface area contributed by atoms with Gasteiger partial charge in [0, 0.05) is 13.2 Å². The Morgan fingerprint density at radius 3 is 2.70 bits per heavy atom. The summed E-state index contributed by atoms with van der Waals surface area (Å²) in [7, 11) is 0. The van der Waals surface area contributed by atoms with Gasteiger partial charge in [-0.15, -0.1) is 0 Å². The van der Waals surface area contributed by atoms with E-state index in [9.17, 15) is 10.1 Å². The smallest absolute Gasteiger partial charge is 0.333 e. The summed E-state index contributed by atoms with van der Waals surface area (Å²) in [6.07, 6.45) is 0. The fraction of sp³-hybridized carbons (Fsp3) is 0.571. The largest absolute Gasteiger partial charge is 0.484 e. The molecule has 0 radical (unpaired) electrons. The molecule has 0 amide bonds. The summed E-state index contributed by atoms with van der Waals surface area (Å²) in [6, 6.07) is 5.00. The fourth-order valence-electron chi connectivity index (χ4n) is 1.69. The van der Waals surface area contributed by atoms with Crippen molar-refractivity contribution in [1.82, 2.24) is 0 Å². The molecule has 1 N–H and O–H groups in total. The Morgan fingerprint density at radius 2 is 2.10 bits per heavy atom. The molecule has 0 bridgehead atoms. The molecule has 0 aliphatic rings. The number of hydrogen-bond acceptors (Lipinski definition) is 5. The lowest BCUT2D eigenvalue weighted by Gasteiger charge is -2.11. The van der Waals surface area contributed by atoms with E-state index in [1.165, 1.54) is 0 Å². The van der Waals surface area contributed by atoms with Crippen LogP contribution in [0.15, 0.2) is 18.2 Å². The molecule has 0 fully saturated rings. The number of nitrogens with zero attached hydrogens (tertiary/aromatic N) is 1. The minimum atomic E-state index is -0.428. The van der Waals surface area contributed by atoms with E-state index in [2.05, 4.69) is 19.2 Å². The quantitative estimate of drug-likeness (QED) is 0.428. The first-order valence-corrected chi connectivity index (χ1v) is 6.78. The van der Waals surface area contributed by atoms with Crippen LogP contribution in [-0.2, 0) is 4.74 Å². The van der Waals surface area contributed by atoms with E-state index in [-0.39, 0.29) is 11.4 Å². The van der Waals surface area contributed by atoms with Gasteiger partial charge in [-0.1, -0.05) is 19.9 Å². The maximum Gasteiger partial charge on any atom is 0.333 e. The van der Waals surface area contributed by atoms with Crippen molar-refractivity contribution < 1.29 is 14.4 Å². The molecule has 6 heteroatoms. The number of benzene rings is 1. The molecule has 0 unspecified atom stereocenters. The zero-order chi connectivity index (χ0) is 15.0. The van der Waals surface area contributed by atoms with Gasteiger partial charge >= 0.3 is 5.69 Å². The Hall–Kier alpha value is -1.82. The average molecular weight is 282 g/mol. The molecule has 0 saturated carbocycles. The van der Waals surface area contributed by atoms with Gasteiger partial charge in [0.25, 0.3) is 0 Å². The second-order valence-corrected chi connectivity index (χ2v) is 4.76. The predicted octanol–water partition coefficient (Wildman–Crippen LogP) is 3.08. The van der Waals surface area contributed by atoms with E-state index >= 15 is 0 Å². The summed E-state index contributed by atoms with van der Waals surface area (Å²) < 4.78 is 10.8. The second kappa shape index (κ2) is 8.37. The van der Waals surface area contributed by atoms with E-state index in [4.69, 9.17) is 9.47 Å². The van der Waals surface area contributed by atoms with Gasteiger partial charge in [-0.3, -0.25) is 10.1 Å². The van der Waals surface area contributed by atoms with Gasteiger partial charge in [-0.05, 0) is 25.0 Å². The molecule has 0 aliphatic carbocycles. The third-order valence-corrected chi connectivity index (χ3v) is 2.49. The molecular formula is C14H22N2O4. The SMILES string of the molecule is CCNc1cccc(OCCOCC(C)C)c1[N+](=O)[O-]. The van der Waals surface area contributed by atoms with E-state index in [1.807, 2.05) is 6.92 Å². The highest BCUT2D eigenvalue weighted by molar-refractivity contribution is 5.68. The topological polar surface area (TPSA) is 73.6 Å². The van der Waals surface area contributed by atoms with Crippen molar-refractivity contribution in [3.8, 4) is 5.75 Å². The van der Waals surface area contributed by atoms with Gasteiger partial charge in [0.15, 0.2) is 5.75 Å². The third-order valence-electron chi connectivity index (χ3n) is 2.49. The molecule has 0 spiro atoms. The second-order valence-electron chi connectivity index (χ2n) is 4.76. The minimum absolute atomic E-state index is 0.0294. The van der Waals surface area contributed by atoms with Crippen LogP contribution in [0.2, 0.25) is 0 Å². The Bertz CT molecular complexity index is 435. The number of ether oxygens (including phenoxy) is 2. The zero-order valence-corrected chi connectivity index (χ0v) is 12.2. The molecule has 6 nitrogen and oxygen atoms in total. The fourth-order valence-corrected chi connectivity index (χ4v) is 1.69. The molecule has 0 heterocycles. The van der Waals surface area contributed by atoms with Crippen LogP contribution in [-0.4, -0.2) is 31.3 Å². The Morgan fingerprint density at radius 1 is 1.35 bits per heavy atom. The molecule has 0 saturated heterocycles. The number of hydrogen-bond donors (Lipinski definition) is 1. The van der Waals surface area contributed by atoms with E-state index in [1.54, 1.807) is 18.2 Å². The number of nitrogens with one attached hydrogen (secondary N) is 1. The van der Waals surface area contributed by atoms with Crippen LogP contribution in [0.1, 0.15) is 20.8 Å². The number of anilines is 1. The lowest BCUT2D eigenvalue weighted by atomic mass is 10.2. The zero-order valence-electron chi connectivity index (χ0n) is 12.2. The Balaban J connectivity index is 2.64. The first kappa shape index (κ1) is 16.2. The predicted molar refractivity (Wildman–Crippen MR) is 78.4 cm³/mol. The number of rotatable bonds is 9. The lowest BCUT2D eigenvalue weighted by molar-refractivity contribution is -0.385. The highest BCUT2D eigenvalue weighted by Gasteiger charge is 2.20. The van der Waals surface area contributed by atoms with Crippen molar-refractivity contribution in [2.45, 2.75) is 20.8 Å². The maximum absolute atomic E-state index is 11.1. The van der Waals surface area contributed by atoms with Gasteiger partial charge in [0.1, 0.15) is 12.3 Å². The first-order chi connectivity index (χ1) is 9.56. The van der Waals surface area contributed by atoms with Crippen LogP contribution >= 0.6 is 0 Å². The molecule has 0 aliphatic heterocycles. The van der Waals surface area contributed by atoms with Crippen molar-refractivity contribution >= 4 is 11.4 Å². The maximum atomic E-state index is 11.1. The molecule has 20 heavy (non-hydrogen) atoms. The lowest BCUT2D eigenvalue weighted by Crippen LogP contribution is -2.11. The van der Waals surface area contributed by atoms with Gasteiger partial charge in [0.05, 0.1) is 11.5 Å². The van der Waals surface area contributed by atoms with Crippen molar-refractivity contribution in [2.75, 3.05) is 31.7 Å². The highest BCUT2D eigenvalue weighted by atomic mass is 16.6. The van der Waals surface area contributed by atoms with E-state index < -0.39 is 4.92 Å². The molecule has 1 aromatic rings. The van der Waals surface area contributed by atoms with Gasteiger partial charge in [0.2, 0.25) is 0 Å². The van der Waals surface area contributed by atoms with E-state index in [0.717, 1.165) is 0 Å². The summed E-state index contributed by atoms with van der Waals surface area (Å²) in [6.45, 7) is 7.99. The summed E-state index contributed by atoms with van der Waals surface area (Å²) in [4.78, 5) is 10.7. The number of para-hydroxylation sites is 1. The molecular weight excluding hydrogens is 260 g/mol.